The van der Waals surface area contributed by atoms with Crippen LogP contribution in [0.4, 0.5) is 0 Å². The molecular formula is C18H26N6OS. The predicted octanol–water partition coefficient (Wildman–Crippen LogP) is 0.935. The molecule has 140 valence electrons. The van der Waals surface area contributed by atoms with Gasteiger partial charge in [0.2, 0.25) is 5.82 Å². The van der Waals surface area contributed by atoms with E-state index in [-0.39, 0.29) is 5.91 Å². The van der Waals surface area contributed by atoms with Gasteiger partial charge in [0, 0.05) is 50.6 Å². The van der Waals surface area contributed by atoms with E-state index in [2.05, 4.69) is 37.9 Å². The number of aromatic nitrogens is 3. The Balaban J connectivity index is 1.39. The first kappa shape index (κ1) is 17.6. The second-order valence-electron chi connectivity index (χ2n) is 7.61. The lowest BCUT2D eigenvalue weighted by molar-refractivity contribution is 0.0932. The van der Waals surface area contributed by atoms with Gasteiger partial charge in [-0.2, -0.15) is 0 Å². The molecule has 1 fully saturated rings. The first-order chi connectivity index (χ1) is 12.6. The number of thiophene rings is 1. The van der Waals surface area contributed by atoms with Crippen LogP contribution in [-0.4, -0.2) is 70.7 Å². The molecule has 0 aromatic carbocycles. The van der Waals surface area contributed by atoms with Crippen molar-refractivity contribution in [2.45, 2.75) is 19.5 Å². The van der Waals surface area contributed by atoms with Crippen molar-refractivity contribution in [2.24, 2.45) is 11.8 Å². The average Bonchev–Trinajstić information content (AvgIpc) is 3.31. The zero-order chi connectivity index (χ0) is 18.1. The predicted molar refractivity (Wildman–Crippen MR) is 101 cm³/mol. The van der Waals surface area contributed by atoms with E-state index in [1.165, 1.54) is 4.88 Å². The van der Waals surface area contributed by atoms with E-state index in [0.717, 1.165) is 45.0 Å². The Labute approximate surface area is 158 Å². The number of rotatable bonds is 6. The smallest absolute Gasteiger partial charge is 0.289 e. The van der Waals surface area contributed by atoms with E-state index in [1.807, 2.05) is 34.9 Å². The summed E-state index contributed by atoms with van der Waals surface area (Å²) in [6.07, 6.45) is 0.920. The van der Waals surface area contributed by atoms with Crippen molar-refractivity contribution < 1.29 is 4.79 Å². The van der Waals surface area contributed by atoms with Gasteiger partial charge >= 0.3 is 0 Å². The van der Waals surface area contributed by atoms with Crippen LogP contribution in [0.5, 0.6) is 0 Å². The number of nitrogens with zero attached hydrogens (tertiary/aromatic N) is 5. The fourth-order valence-electron chi connectivity index (χ4n) is 4.01. The fourth-order valence-corrected chi connectivity index (χ4v) is 4.76. The summed E-state index contributed by atoms with van der Waals surface area (Å²) in [5.74, 6) is 2.51. The van der Waals surface area contributed by atoms with E-state index in [9.17, 15) is 4.79 Å². The quantitative estimate of drug-likeness (QED) is 0.815. The van der Waals surface area contributed by atoms with Gasteiger partial charge < -0.3 is 14.8 Å². The molecule has 7 nitrogen and oxygen atoms in total. The number of amides is 1. The van der Waals surface area contributed by atoms with Crippen molar-refractivity contribution in [1.29, 1.82) is 0 Å². The van der Waals surface area contributed by atoms with Crippen LogP contribution in [0, 0.1) is 11.8 Å². The van der Waals surface area contributed by atoms with Gasteiger partial charge in [-0.3, -0.25) is 9.69 Å². The Morgan fingerprint density at radius 1 is 1.31 bits per heavy atom. The minimum Gasteiger partial charge on any atom is -0.348 e. The lowest BCUT2D eigenvalue weighted by Crippen LogP contribution is -2.35. The van der Waals surface area contributed by atoms with Gasteiger partial charge in [0.15, 0.2) is 0 Å². The summed E-state index contributed by atoms with van der Waals surface area (Å²) in [5.41, 5.74) is 0. The largest absolute Gasteiger partial charge is 0.348 e. The molecule has 8 heteroatoms. The summed E-state index contributed by atoms with van der Waals surface area (Å²) < 4.78 is 2.04. The molecule has 0 aliphatic carbocycles. The monoisotopic (exact) mass is 374 g/mol. The summed E-state index contributed by atoms with van der Waals surface area (Å²) in [4.78, 5) is 18.5. The van der Waals surface area contributed by atoms with Gasteiger partial charge in [0.25, 0.3) is 5.91 Å². The van der Waals surface area contributed by atoms with E-state index in [1.54, 1.807) is 0 Å². The van der Waals surface area contributed by atoms with Crippen LogP contribution >= 0.6 is 11.3 Å². The number of likely N-dealkylation sites (N-methyl/N-ethyl adjacent to an activating group) is 1. The zero-order valence-electron chi connectivity index (χ0n) is 15.4. The molecule has 2 aliphatic heterocycles. The maximum absolute atomic E-state index is 12.5. The van der Waals surface area contributed by atoms with Gasteiger partial charge in [0.05, 0.1) is 0 Å². The number of hydrogen-bond acceptors (Lipinski definition) is 6. The van der Waals surface area contributed by atoms with E-state index in [0.29, 0.717) is 24.2 Å². The Kier molecular flexibility index (Phi) is 5.06. The molecule has 1 amide bonds. The van der Waals surface area contributed by atoms with Gasteiger partial charge in [-0.05, 0) is 37.4 Å². The molecule has 2 aliphatic rings. The number of fused-ring (bicyclic) bond motifs is 2. The topological polar surface area (TPSA) is 66.3 Å². The standard InChI is InChI=1S/C18H26N6OS/c1-22(2)6-5-19-18(25)17-21-20-16-8-13-9-23(10-14(13)11-24(16)17)12-15-4-3-7-26-15/h3-4,7,13-14H,5-6,8-12H2,1-2H3,(H,19,25)/t13-,14+/m1/s1. The Bertz CT molecular complexity index is 756. The first-order valence-corrected chi connectivity index (χ1v) is 10.1. The van der Waals surface area contributed by atoms with Gasteiger partial charge in [0.1, 0.15) is 5.82 Å². The maximum atomic E-state index is 12.5. The lowest BCUT2D eigenvalue weighted by atomic mass is 9.89. The summed E-state index contributed by atoms with van der Waals surface area (Å²) in [5, 5.41) is 13.6. The Hall–Kier alpha value is -1.77. The molecule has 1 saturated heterocycles. The summed E-state index contributed by atoms with van der Waals surface area (Å²) in [6, 6.07) is 4.32. The van der Waals surface area contributed by atoms with Gasteiger partial charge in [-0.1, -0.05) is 6.07 Å². The molecule has 1 N–H and O–H groups in total. The van der Waals surface area contributed by atoms with Crippen LogP contribution in [-0.2, 0) is 19.5 Å². The van der Waals surface area contributed by atoms with Crippen LogP contribution in [0.25, 0.3) is 0 Å². The van der Waals surface area contributed by atoms with Gasteiger partial charge in [-0.25, -0.2) is 0 Å². The van der Waals surface area contributed by atoms with Crippen LogP contribution < -0.4 is 5.32 Å². The molecule has 0 spiro atoms. The highest BCUT2D eigenvalue weighted by molar-refractivity contribution is 7.09. The molecular weight excluding hydrogens is 348 g/mol. The Morgan fingerprint density at radius 2 is 2.15 bits per heavy atom. The fraction of sp³-hybridized carbons (Fsp3) is 0.611. The minimum atomic E-state index is -0.113. The molecule has 0 unspecified atom stereocenters. The molecule has 2 aromatic rings. The maximum Gasteiger partial charge on any atom is 0.289 e. The van der Waals surface area contributed by atoms with E-state index < -0.39 is 0 Å². The molecule has 2 atom stereocenters. The molecule has 0 bridgehead atoms. The normalized spacial score (nSPS) is 22.4. The van der Waals surface area contributed by atoms with Crippen molar-refractivity contribution in [3.05, 3.63) is 34.0 Å². The molecule has 26 heavy (non-hydrogen) atoms. The van der Waals surface area contributed by atoms with Crippen LogP contribution in [0.15, 0.2) is 17.5 Å². The SMILES string of the molecule is CN(C)CCNC(=O)c1nnc2n1C[C@@H]1CN(Cc3cccs3)C[C@H]1C2. The second-order valence-corrected chi connectivity index (χ2v) is 8.64. The van der Waals surface area contributed by atoms with Crippen molar-refractivity contribution in [3.63, 3.8) is 0 Å². The van der Waals surface area contributed by atoms with Crippen LogP contribution in [0.1, 0.15) is 21.3 Å². The highest BCUT2D eigenvalue weighted by Gasteiger charge is 2.39. The summed E-state index contributed by atoms with van der Waals surface area (Å²) in [7, 11) is 3.99. The zero-order valence-corrected chi connectivity index (χ0v) is 16.2. The van der Waals surface area contributed by atoms with Gasteiger partial charge in [-0.15, -0.1) is 21.5 Å². The summed E-state index contributed by atoms with van der Waals surface area (Å²) in [6.45, 7) is 5.51. The molecule has 0 radical (unpaired) electrons. The number of nitrogens with one attached hydrogen (secondary N) is 1. The number of hydrogen-bond donors (Lipinski definition) is 1. The molecule has 0 saturated carbocycles. The lowest BCUT2D eigenvalue weighted by Gasteiger charge is -2.25. The van der Waals surface area contributed by atoms with Crippen molar-refractivity contribution >= 4 is 17.2 Å². The van der Waals surface area contributed by atoms with Crippen LogP contribution in [0.3, 0.4) is 0 Å². The van der Waals surface area contributed by atoms with E-state index in [4.69, 9.17) is 0 Å². The number of likely N-dealkylation sites (tertiary alicyclic amines) is 1. The Morgan fingerprint density at radius 3 is 2.92 bits per heavy atom. The minimum absolute atomic E-state index is 0.113. The molecule has 4 heterocycles. The van der Waals surface area contributed by atoms with Crippen molar-refractivity contribution in [1.82, 2.24) is 29.9 Å². The van der Waals surface area contributed by atoms with Crippen molar-refractivity contribution in [3.8, 4) is 0 Å². The second kappa shape index (κ2) is 7.46. The average molecular weight is 375 g/mol. The third kappa shape index (κ3) is 3.67. The highest BCUT2D eigenvalue weighted by atomic mass is 32.1. The first-order valence-electron chi connectivity index (χ1n) is 9.20. The highest BCUT2D eigenvalue weighted by Crippen LogP contribution is 2.33. The third-order valence-electron chi connectivity index (χ3n) is 5.35. The van der Waals surface area contributed by atoms with Crippen LogP contribution in [0.2, 0.25) is 0 Å². The summed E-state index contributed by atoms with van der Waals surface area (Å²) >= 11 is 1.82. The molecule has 4 rings (SSSR count). The van der Waals surface area contributed by atoms with Crippen molar-refractivity contribution in [2.75, 3.05) is 40.3 Å². The number of carbonyl (C=O) groups is 1. The molecule has 2 aromatic heterocycles. The third-order valence-corrected chi connectivity index (χ3v) is 6.21. The van der Waals surface area contributed by atoms with E-state index >= 15 is 0 Å². The number of carbonyl (C=O) groups excluding carboxylic acids is 1.